The summed E-state index contributed by atoms with van der Waals surface area (Å²) in [6, 6.07) is 7.59. The van der Waals surface area contributed by atoms with E-state index in [0.717, 1.165) is 0 Å². The summed E-state index contributed by atoms with van der Waals surface area (Å²) in [5, 5.41) is 2.97. The molecule has 8 heteroatoms. The number of benzene rings is 1. The first-order valence-electron chi connectivity index (χ1n) is 10.0. The number of nitrogens with zero attached hydrogens (tertiary/aromatic N) is 2. The van der Waals surface area contributed by atoms with Gasteiger partial charge >= 0.3 is 0 Å². The molecule has 0 atom stereocenters. The van der Waals surface area contributed by atoms with Crippen LogP contribution in [0.25, 0.3) is 0 Å². The molecule has 1 aromatic carbocycles. The highest BCUT2D eigenvalue weighted by atomic mass is 16.3. The number of likely N-dealkylation sites (tertiary alicyclic amines) is 1. The van der Waals surface area contributed by atoms with Gasteiger partial charge in [-0.15, -0.1) is 0 Å². The summed E-state index contributed by atoms with van der Waals surface area (Å²) in [5.41, 5.74) is 0.935. The van der Waals surface area contributed by atoms with Crippen molar-refractivity contribution in [2.75, 3.05) is 13.1 Å². The Bertz CT molecular complexity index is 1000. The van der Waals surface area contributed by atoms with Crippen LogP contribution in [0.5, 0.6) is 0 Å². The highest BCUT2D eigenvalue weighted by molar-refractivity contribution is 6.22. The van der Waals surface area contributed by atoms with E-state index in [-0.39, 0.29) is 41.3 Å². The van der Waals surface area contributed by atoms with Crippen molar-refractivity contribution in [2.24, 2.45) is 0 Å². The Balaban J connectivity index is 1.39. The Hall–Kier alpha value is -3.42. The van der Waals surface area contributed by atoms with Gasteiger partial charge in [-0.1, -0.05) is 0 Å². The smallest absolute Gasteiger partial charge is 0.289 e. The van der Waals surface area contributed by atoms with E-state index >= 15 is 0 Å². The molecule has 3 heterocycles. The number of piperidine rings is 1. The highest BCUT2D eigenvalue weighted by Crippen LogP contribution is 2.26. The fourth-order valence-corrected chi connectivity index (χ4v) is 3.92. The number of amides is 4. The number of furan rings is 1. The van der Waals surface area contributed by atoms with Crippen LogP contribution < -0.4 is 5.32 Å². The molecule has 1 fully saturated rings. The second-order valence-corrected chi connectivity index (χ2v) is 7.85. The minimum atomic E-state index is -0.371. The van der Waals surface area contributed by atoms with Gasteiger partial charge in [-0.05, 0) is 57.0 Å². The number of imide groups is 1. The van der Waals surface area contributed by atoms with Crippen LogP contribution >= 0.6 is 0 Å². The first-order chi connectivity index (χ1) is 14.4. The van der Waals surface area contributed by atoms with Gasteiger partial charge in [-0.2, -0.15) is 0 Å². The quantitative estimate of drug-likeness (QED) is 0.781. The largest absolute Gasteiger partial charge is 0.459 e. The van der Waals surface area contributed by atoms with Gasteiger partial charge in [0.05, 0.1) is 17.4 Å². The van der Waals surface area contributed by atoms with Crippen LogP contribution in [0.4, 0.5) is 0 Å². The molecule has 0 bridgehead atoms. The van der Waals surface area contributed by atoms with Gasteiger partial charge in [0.1, 0.15) is 0 Å². The Morgan fingerprint density at radius 3 is 2.40 bits per heavy atom. The lowest BCUT2D eigenvalue weighted by atomic mass is 10.0. The number of fused-ring (bicyclic) bond motifs is 1. The molecule has 1 saturated heterocycles. The Morgan fingerprint density at radius 1 is 1.07 bits per heavy atom. The van der Waals surface area contributed by atoms with Crippen molar-refractivity contribution in [1.82, 2.24) is 15.1 Å². The summed E-state index contributed by atoms with van der Waals surface area (Å²) >= 11 is 0. The Labute approximate surface area is 173 Å². The lowest BCUT2D eigenvalue weighted by molar-refractivity contribution is 0.0606. The molecule has 1 N–H and O–H groups in total. The normalized spacial score (nSPS) is 16.9. The number of carbonyl (C=O) groups excluding carboxylic acids is 4. The summed E-state index contributed by atoms with van der Waals surface area (Å²) in [7, 11) is 0. The Kier molecular flexibility index (Phi) is 5.15. The average molecular weight is 409 g/mol. The predicted octanol–water partition coefficient (Wildman–Crippen LogP) is 2.32. The second-order valence-electron chi connectivity index (χ2n) is 7.85. The number of hydrogen-bond acceptors (Lipinski definition) is 5. The van der Waals surface area contributed by atoms with Gasteiger partial charge in [0.25, 0.3) is 23.6 Å². The van der Waals surface area contributed by atoms with E-state index < -0.39 is 0 Å². The molecule has 4 amide bonds. The number of rotatable bonds is 4. The lowest BCUT2D eigenvalue weighted by Gasteiger charge is -2.31. The van der Waals surface area contributed by atoms with Crippen LogP contribution in [0, 0.1) is 0 Å². The second kappa shape index (κ2) is 7.78. The first-order valence-corrected chi connectivity index (χ1v) is 10.0. The molecule has 0 spiro atoms. The molecule has 0 aliphatic carbocycles. The molecule has 0 saturated carbocycles. The SMILES string of the molecule is CC(C)N1C(=O)c2ccc(C(=O)NC3CCN(C(=O)c4ccco4)CC3)cc2C1=O. The van der Waals surface area contributed by atoms with Gasteiger partial charge in [0, 0.05) is 30.7 Å². The zero-order chi connectivity index (χ0) is 21.4. The van der Waals surface area contributed by atoms with Gasteiger partial charge in [-0.25, -0.2) is 0 Å². The molecule has 8 nitrogen and oxygen atoms in total. The fraction of sp³-hybridized carbons (Fsp3) is 0.364. The standard InChI is InChI=1S/C22H23N3O5/c1-13(2)25-20(27)16-6-5-14(12-17(16)21(25)28)19(26)23-15-7-9-24(10-8-15)22(29)18-4-3-11-30-18/h3-6,11-13,15H,7-10H2,1-2H3,(H,23,26). The van der Waals surface area contributed by atoms with Gasteiger partial charge in [-0.3, -0.25) is 24.1 Å². The monoisotopic (exact) mass is 409 g/mol. The maximum atomic E-state index is 12.7. The summed E-state index contributed by atoms with van der Waals surface area (Å²) in [4.78, 5) is 52.9. The molecule has 2 aliphatic rings. The molecule has 156 valence electrons. The minimum Gasteiger partial charge on any atom is -0.459 e. The van der Waals surface area contributed by atoms with Crippen LogP contribution in [0.3, 0.4) is 0 Å². The maximum absolute atomic E-state index is 12.7. The number of carbonyl (C=O) groups is 4. The van der Waals surface area contributed by atoms with Crippen molar-refractivity contribution < 1.29 is 23.6 Å². The van der Waals surface area contributed by atoms with E-state index in [9.17, 15) is 19.2 Å². The summed E-state index contributed by atoms with van der Waals surface area (Å²) < 4.78 is 5.16. The summed E-state index contributed by atoms with van der Waals surface area (Å²) in [6.45, 7) is 4.59. The lowest BCUT2D eigenvalue weighted by Crippen LogP contribution is -2.46. The fourth-order valence-electron chi connectivity index (χ4n) is 3.92. The molecule has 30 heavy (non-hydrogen) atoms. The molecule has 4 rings (SSSR count). The first kappa shape index (κ1) is 19.9. The van der Waals surface area contributed by atoms with E-state index in [0.29, 0.717) is 42.8 Å². The Morgan fingerprint density at radius 2 is 1.77 bits per heavy atom. The molecular formula is C22H23N3O5. The summed E-state index contributed by atoms with van der Waals surface area (Å²) in [6.07, 6.45) is 2.72. The van der Waals surface area contributed by atoms with Gasteiger partial charge in [0.2, 0.25) is 0 Å². The number of hydrogen-bond donors (Lipinski definition) is 1. The maximum Gasteiger partial charge on any atom is 0.289 e. The van der Waals surface area contributed by atoms with E-state index in [2.05, 4.69) is 5.32 Å². The molecule has 1 aromatic heterocycles. The third kappa shape index (κ3) is 3.49. The van der Waals surface area contributed by atoms with Crippen LogP contribution in [0.2, 0.25) is 0 Å². The zero-order valence-electron chi connectivity index (χ0n) is 16.9. The van der Waals surface area contributed by atoms with E-state index in [1.54, 1.807) is 36.9 Å². The van der Waals surface area contributed by atoms with Crippen LogP contribution in [0.1, 0.15) is 68.3 Å². The van der Waals surface area contributed by atoms with Crippen LogP contribution in [0.15, 0.2) is 41.0 Å². The third-order valence-electron chi connectivity index (χ3n) is 5.55. The van der Waals surface area contributed by atoms with Gasteiger partial charge < -0.3 is 14.6 Å². The minimum absolute atomic E-state index is 0.0732. The van der Waals surface area contributed by atoms with Gasteiger partial charge in [0.15, 0.2) is 5.76 Å². The third-order valence-corrected chi connectivity index (χ3v) is 5.55. The molecule has 0 radical (unpaired) electrons. The van der Waals surface area contributed by atoms with Crippen molar-refractivity contribution in [3.63, 3.8) is 0 Å². The highest BCUT2D eigenvalue weighted by Gasteiger charge is 2.37. The van der Waals surface area contributed by atoms with E-state index in [1.165, 1.54) is 23.3 Å². The van der Waals surface area contributed by atoms with Crippen molar-refractivity contribution in [3.05, 3.63) is 59.0 Å². The molecular weight excluding hydrogens is 386 g/mol. The number of nitrogens with one attached hydrogen (secondary N) is 1. The zero-order valence-corrected chi connectivity index (χ0v) is 16.9. The average Bonchev–Trinajstić information content (AvgIpc) is 3.35. The van der Waals surface area contributed by atoms with E-state index in [1.807, 2.05) is 0 Å². The predicted molar refractivity (Wildman–Crippen MR) is 107 cm³/mol. The summed E-state index contributed by atoms with van der Waals surface area (Å²) in [5.74, 6) is -0.835. The van der Waals surface area contributed by atoms with Crippen molar-refractivity contribution in [3.8, 4) is 0 Å². The van der Waals surface area contributed by atoms with E-state index in [4.69, 9.17) is 4.42 Å². The van der Waals surface area contributed by atoms with Crippen molar-refractivity contribution in [2.45, 2.75) is 38.8 Å². The molecule has 2 aliphatic heterocycles. The van der Waals surface area contributed by atoms with Crippen molar-refractivity contribution in [1.29, 1.82) is 0 Å². The van der Waals surface area contributed by atoms with Crippen molar-refractivity contribution >= 4 is 23.6 Å². The molecule has 2 aromatic rings. The molecule has 0 unspecified atom stereocenters. The topological polar surface area (TPSA) is 99.9 Å². The van der Waals surface area contributed by atoms with Crippen LogP contribution in [-0.4, -0.2) is 58.6 Å². The van der Waals surface area contributed by atoms with Crippen LogP contribution in [-0.2, 0) is 0 Å².